The largest absolute Gasteiger partial charge is 0.484 e. The first kappa shape index (κ1) is 24.1. The fraction of sp³-hybridized carbons (Fsp3) is 0.333. The van der Waals surface area contributed by atoms with Crippen molar-refractivity contribution in [2.24, 2.45) is 0 Å². The molecular formula is C30H32N2O4. The average Bonchev–Trinajstić information content (AvgIpc) is 3.44. The summed E-state index contributed by atoms with van der Waals surface area (Å²) >= 11 is 0. The third kappa shape index (κ3) is 5.44. The number of benzene rings is 3. The van der Waals surface area contributed by atoms with Crippen molar-refractivity contribution in [2.45, 2.75) is 38.3 Å². The molecule has 2 atom stereocenters. The van der Waals surface area contributed by atoms with Crippen LogP contribution in [0.4, 0.5) is 0 Å². The number of carbonyl (C=O) groups is 2. The number of carbonyl (C=O) groups excluding carboxylic acids is 2. The van der Waals surface area contributed by atoms with Crippen LogP contribution in [0.3, 0.4) is 0 Å². The summed E-state index contributed by atoms with van der Waals surface area (Å²) < 4.78 is 11.4. The minimum atomic E-state index is -0.238. The normalized spacial score (nSPS) is 19.0. The van der Waals surface area contributed by atoms with Crippen LogP contribution >= 0.6 is 0 Å². The van der Waals surface area contributed by atoms with Crippen molar-refractivity contribution >= 4 is 11.8 Å². The molecule has 6 heteroatoms. The Kier molecular flexibility index (Phi) is 7.33. The Morgan fingerprint density at radius 1 is 1.06 bits per heavy atom. The van der Waals surface area contributed by atoms with Crippen molar-refractivity contribution in [1.29, 1.82) is 0 Å². The van der Waals surface area contributed by atoms with E-state index in [0.29, 0.717) is 24.4 Å². The summed E-state index contributed by atoms with van der Waals surface area (Å²) in [5, 5.41) is 2.90. The molecule has 0 saturated carbocycles. The summed E-state index contributed by atoms with van der Waals surface area (Å²) in [6.45, 7) is 3.90. The highest BCUT2D eigenvalue weighted by Gasteiger charge is 2.33. The highest BCUT2D eigenvalue weighted by atomic mass is 16.5. The molecule has 0 bridgehead atoms. The van der Waals surface area contributed by atoms with Crippen LogP contribution in [0.1, 0.15) is 51.5 Å². The first-order valence-corrected chi connectivity index (χ1v) is 12.6. The Morgan fingerprint density at radius 2 is 1.92 bits per heavy atom. The number of ether oxygens (including phenoxy) is 2. The second kappa shape index (κ2) is 11.0. The molecule has 2 aliphatic rings. The third-order valence-electron chi connectivity index (χ3n) is 6.91. The van der Waals surface area contributed by atoms with Gasteiger partial charge in [-0.3, -0.25) is 9.59 Å². The Balaban J connectivity index is 1.38. The molecule has 3 aromatic carbocycles. The zero-order chi connectivity index (χ0) is 24.9. The predicted molar refractivity (Wildman–Crippen MR) is 138 cm³/mol. The summed E-state index contributed by atoms with van der Waals surface area (Å²) in [4.78, 5) is 27.9. The molecule has 0 aromatic heterocycles. The van der Waals surface area contributed by atoms with Gasteiger partial charge in [0.1, 0.15) is 5.75 Å². The lowest BCUT2D eigenvalue weighted by Gasteiger charge is -2.38. The number of nitrogens with one attached hydrogen (secondary N) is 1. The van der Waals surface area contributed by atoms with E-state index in [1.54, 1.807) is 0 Å². The van der Waals surface area contributed by atoms with Crippen LogP contribution in [0.25, 0.3) is 0 Å². The van der Waals surface area contributed by atoms with Gasteiger partial charge in [0.15, 0.2) is 6.61 Å². The lowest BCUT2D eigenvalue weighted by molar-refractivity contribution is -0.123. The minimum Gasteiger partial charge on any atom is -0.484 e. The molecule has 0 aliphatic carbocycles. The van der Waals surface area contributed by atoms with Gasteiger partial charge in [-0.25, -0.2) is 0 Å². The second-order valence-corrected chi connectivity index (χ2v) is 9.52. The van der Waals surface area contributed by atoms with E-state index in [2.05, 4.69) is 36.5 Å². The van der Waals surface area contributed by atoms with E-state index < -0.39 is 0 Å². The second-order valence-electron chi connectivity index (χ2n) is 9.52. The monoisotopic (exact) mass is 484 g/mol. The van der Waals surface area contributed by atoms with Crippen LogP contribution < -0.4 is 10.1 Å². The SMILES string of the molecule is Cc1cccc([C@@H]2c3cc(OCC(=O)NC[C@@H]4CCCO4)ccc3CCN2C(=O)c2ccccc2)c1. The molecule has 0 radical (unpaired) electrons. The van der Waals surface area contributed by atoms with Crippen molar-refractivity contribution in [1.82, 2.24) is 10.2 Å². The topological polar surface area (TPSA) is 67.9 Å². The van der Waals surface area contributed by atoms with E-state index in [9.17, 15) is 9.59 Å². The average molecular weight is 485 g/mol. The van der Waals surface area contributed by atoms with Gasteiger partial charge in [-0.1, -0.05) is 54.1 Å². The molecule has 6 nitrogen and oxygen atoms in total. The molecular weight excluding hydrogens is 452 g/mol. The van der Waals surface area contributed by atoms with Crippen molar-refractivity contribution < 1.29 is 19.1 Å². The zero-order valence-corrected chi connectivity index (χ0v) is 20.6. The highest BCUT2D eigenvalue weighted by Crippen LogP contribution is 2.38. The number of amides is 2. The van der Waals surface area contributed by atoms with Gasteiger partial charge in [0.25, 0.3) is 11.8 Å². The Hall–Kier alpha value is -3.64. The maximum absolute atomic E-state index is 13.6. The lowest BCUT2D eigenvalue weighted by atomic mass is 9.87. The van der Waals surface area contributed by atoms with Gasteiger partial charge in [-0.2, -0.15) is 0 Å². The van der Waals surface area contributed by atoms with Gasteiger partial charge in [-0.15, -0.1) is 0 Å². The summed E-state index contributed by atoms with van der Waals surface area (Å²) in [6.07, 6.45) is 2.88. The summed E-state index contributed by atoms with van der Waals surface area (Å²) in [7, 11) is 0. The summed E-state index contributed by atoms with van der Waals surface area (Å²) in [5.74, 6) is 0.458. The molecule has 1 fully saturated rings. The Bertz CT molecular complexity index is 1220. The number of hydrogen-bond acceptors (Lipinski definition) is 4. The minimum absolute atomic E-state index is 0.00702. The van der Waals surface area contributed by atoms with E-state index >= 15 is 0 Å². The van der Waals surface area contributed by atoms with Crippen molar-refractivity contribution in [2.75, 3.05) is 26.3 Å². The standard InChI is InChI=1S/C30H32N2O4/c1-21-7-5-10-24(17-21)29-27-18-25(36-20-28(33)31-19-26-11-6-16-35-26)13-12-22(27)14-15-32(29)30(34)23-8-3-2-4-9-23/h2-5,7-10,12-13,17-18,26,29H,6,11,14-16,19-20H2,1H3,(H,31,33)/t26-,29+/m0/s1. The van der Waals surface area contributed by atoms with E-state index in [0.717, 1.165) is 42.6 Å². The van der Waals surface area contributed by atoms with E-state index in [1.165, 1.54) is 5.56 Å². The third-order valence-corrected chi connectivity index (χ3v) is 6.91. The summed E-state index contributed by atoms with van der Waals surface area (Å²) in [5.41, 5.74) is 5.10. The molecule has 2 amide bonds. The molecule has 186 valence electrons. The van der Waals surface area contributed by atoms with Gasteiger partial charge in [0.05, 0.1) is 12.1 Å². The number of aryl methyl sites for hydroxylation is 1. The molecule has 1 saturated heterocycles. The van der Waals surface area contributed by atoms with E-state index in [1.807, 2.05) is 53.4 Å². The molecule has 36 heavy (non-hydrogen) atoms. The van der Waals surface area contributed by atoms with Crippen LogP contribution in [0.15, 0.2) is 72.8 Å². The van der Waals surface area contributed by atoms with E-state index in [4.69, 9.17) is 9.47 Å². The van der Waals surface area contributed by atoms with Gasteiger partial charge >= 0.3 is 0 Å². The first-order chi connectivity index (χ1) is 17.6. The molecule has 2 aliphatic heterocycles. The quantitative estimate of drug-likeness (QED) is 0.538. The Morgan fingerprint density at radius 3 is 2.69 bits per heavy atom. The van der Waals surface area contributed by atoms with Crippen molar-refractivity contribution in [3.63, 3.8) is 0 Å². The fourth-order valence-electron chi connectivity index (χ4n) is 5.08. The van der Waals surface area contributed by atoms with E-state index in [-0.39, 0.29) is 30.6 Å². The first-order valence-electron chi connectivity index (χ1n) is 12.6. The molecule has 0 unspecified atom stereocenters. The molecule has 3 aromatic rings. The highest BCUT2D eigenvalue weighted by molar-refractivity contribution is 5.95. The van der Waals surface area contributed by atoms with Crippen LogP contribution in [0.5, 0.6) is 5.75 Å². The maximum Gasteiger partial charge on any atom is 0.258 e. The number of hydrogen-bond donors (Lipinski definition) is 1. The zero-order valence-electron chi connectivity index (χ0n) is 20.6. The summed E-state index contributed by atoms with van der Waals surface area (Å²) in [6, 6.07) is 23.4. The maximum atomic E-state index is 13.6. The fourth-order valence-corrected chi connectivity index (χ4v) is 5.08. The Labute approximate surface area is 212 Å². The molecule has 1 N–H and O–H groups in total. The molecule has 2 heterocycles. The van der Waals surface area contributed by atoms with Crippen molar-refractivity contribution in [3.05, 3.63) is 101 Å². The number of rotatable bonds is 7. The van der Waals surface area contributed by atoms with Crippen molar-refractivity contribution in [3.8, 4) is 5.75 Å². The van der Waals surface area contributed by atoms with Crippen LogP contribution in [0.2, 0.25) is 0 Å². The lowest BCUT2D eigenvalue weighted by Crippen LogP contribution is -2.40. The smallest absolute Gasteiger partial charge is 0.258 e. The van der Waals surface area contributed by atoms with Gasteiger partial charge in [0.2, 0.25) is 0 Å². The van der Waals surface area contributed by atoms with Crippen LogP contribution in [-0.4, -0.2) is 49.1 Å². The van der Waals surface area contributed by atoms with Crippen LogP contribution in [-0.2, 0) is 16.0 Å². The number of nitrogens with zero attached hydrogens (tertiary/aromatic N) is 1. The van der Waals surface area contributed by atoms with Crippen LogP contribution in [0, 0.1) is 6.92 Å². The van der Waals surface area contributed by atoms with Gasteiger partial charge in [0, 0.05) is 25.3 Å². The van der Waals surface area contributed by atoms with Gasteiger partial charge < -0.3 is 19.7 Å². The molecule has 5 rings (SSSR count). The molecule has 0 spiro atoms. The number of fused-ring (bicyclic) bond motifs is 1. The predicted octanol–water partition coefficient (Wildman–Crippen LogP) is 4.46. The van der Waals surface area contributed by atoms with Gasteiger partial charge in [-0.05, 0) is 67.1 Å².